The highest BCUT2D eigenvalue weighted by Gasteiger charge is 2.32. The average Bonchev–Trinajstić information content (AvgIpc) is 2.38. The van der Waals surface area contributed by atoms with Gasteiger partial charge in [-0.1, -0.05) is 0 Å². The predicted octanol–water partition coefficient (Wildman–Crippen LogP) is 2.53. The van der Waals surface area contributed by atoms with Gasteiger partial charge in [0.1, 0.15) is 5.82 Å². The Bertz CT molecular complexity index is 480. The smallest absolute Gasteiger partial charge is 0.369 e. The Kier molecular flexibility index (Phi) is 4.73. The number of nitrogens with two attached hydrogens (primary N) is 1. The molecule has 1 fully saturated rings. The number of rotatable bonds is 3. The molecule has 118 valence electrons. The molecule has 1 aromatic carbocycles. The van der Waals surface area contributed by atoms with Crippen molar-refractivity contribution >= 4 is 5.69 Å². The topological polar surface area (TPSA) is 32.5 Å². The zero-order valence-corrected chi connectivity index (χ0v) is 11.8. The van der Waals surface area contributed by atoms with Crippen molar-refractivity contribution in [3.05, 3.63) is 29.6 Å². The van der Waals surface area contributed by atoms with Crippen LogP contribution in [0.1, 0.15) is 18.5 Å². The summed E-state index contributed by atoms with van der Waals surface area (Å²) in [7, 11) is 0. The Morgan fingerprint density at radius 3 is 2.33 bits per heavy atom. The third kappa shape index (κ3) is 4.31. The van der Waals surface area contributed by atoms with Crippen LogP contribution in [-0.4, -0.2) is 43.8 Å². The van der Waals surface area contributed by atoms with Crippen molar-refractivity contribution in [2.45, 2.75) is 19.1 Å². The summed E-state index contributed by atoms with van der Waals surface area (Å²) in [5, 5.41) is 0. The van der Waals surface area contributed by atoms with Crippen LogP contribution < -0.4 is 10.6 Å². The maximum absolute atomic E-state index is 13.3. The SMILES string of the molecule is C[C@H](N)c1cc(F)ccc1N1CCN(CC(F)(F)F)CC1. The van der Waals surface area contributed by atoms with Crippen LogP contribution in [0, 0.1) is 5.82 Å². The molecular formula is C14H19F4N3. The van der Waals surface area contributed by atoms with Crippen molar-refractivity contribution in [3.63, 3.8) is 0 Å². The second-order valence-corrected chi connectivity index (χ2v) is 5.37. The summed E-state index contributed by atoms with van der Waals surface area (Å²) in [5.74, 6) is -0.359. The Hall–Kier alpha value is -1.34. The van der Waals surface area contributed by atoms with Crippen LogP contribution in [0.2, 0.25) is 0 Å². The van der Waals surface area contributed by atoms with E-state index in [1.54, 1.807) is 13.0 Å². The van der Waals surface area contributed by atoms with Gasteiger partial charge in [-0.15, -0.1) is 0 Å². The zero-order valence-electron chi connectivity index (χ0n) is 11.8. The van der Waals surface area contributed by atoms with Gasteiger partial charge in [-0.2, -0.15) is 13.2 Å². The first kappa shape index (κ1) is 16.0. The molecule has 0 unspecified atom stereocenters. The van der Waals surface area contributed by atoms with E-state index in [2.05, 4.69) is 0 Å². The second-order valence-electron chi connectivity index (χ2n) is 5.37. The van der Waals surface area contributed by atoms with Gasteiger partial charge in [-0.25, -0.2) is 4.39 Å². The predicted molar refractivity (Wildman–Crippen MR) is 73.7 cm³/mol. The number of piperazine rings is 1. The van der Waals surface area contributed by atoms with Crippen molar-refractivity contribution in [2.75, 3.05) is 37.6 Å². The molecule has 0 aliphatic carbocycles. The van der Waals surface area contributed by atoms with Crippen LogP contribution in [0.3, 0.4) is 0 Å². The maximum atomic E-state index is 13.3. The van der Waals surface area contributed by atoms with Crippen molar-refractivity contribution < 1.29 is 17.6 Å². The molecule has 0 saturated carbocycles. The minimum atomic E-state index is -4.17. The van der Waals surface area contributed by atoms with Crippen LogP contribution in [0.4, 0.5) is 23.2 Å². The average molecular weight is 305 g/mol. The molecule has 1 aromatic rings. The van der Waals surface area contributed by atoms with E-state index in [9.17, 15) is 17.6 Å². The fourth-order valence-corrected chi connectivity index (χ4v) is 2.58. The van der Waals surface area contributed by atoms with E-state index in [0.29, 0.717) is 31.7 Å². The molecule has 1 aliphatic heterocycles. The van der Waals surface area contributed by atoms with E-state index in [-0.39, 0.29) is 11.9 Å². The number of hydrogen-bond donors (Lipinski definition) is 1. The summed E-state index contributed by atoms with van der Waals surface area (Å²) < 4.78 is 50.4. The van der Waals surface area contributed by atoms with E-state index in [1.165, 1.54) is 17.0 Å². The van der Waals surface area contributed by atoms with Gasteiger partial charge in [0, 0.05) is 37.9 Å². The lowest BCUT2D eigenvalue weighted by molar-refractivity contribution is -0.146. The minimum Gasteiger partial charge on any atom is -0.369 e. The lowest BCUT2D eigenvalue weighted by Gasteiger charge is -2.37. The molecule has 1 saturated heterocycles. The normalized spacial score (nSPS) is 18.9. The van der Waals surface area contributed by atoms with E-state index in [0.717, 1.165) is 5.69 Å². The van der Waals surface area contributed by atoms with E-state index in [1.807, 2.05) is 4.90 Å². The van der Waals surface area contributed by atoms with Crippen molar-refractivity contribution in [3.8, 4) is 0 Å². The summed E-state index contributed by atoms with van der Waals surface area (Å²) in [6.07, 6.45) is -4.17. The van der Waals surface area contributed by atoms with Gasteiger partial charge in [0.05, 0.1) is 6.54 Å². The first-order valence-electron chi connectivity index (χ1n) is 6.85. The summed E-state index contributed by atoms with van der Waals surface area (Å²) in [6.45, 7) is 2.48. The minimum absolute atomic E-state index is 0.329. The highest BCUT2D eigenvalue weighted by molar-refractivity contribution is 5.55. The van der Waals surface area contributed by atoms with Crippen molar-refractivity contribution in [1.29, 1.82) is 0 Å². The summed E-state index contributed by atoms with van der Waals surface area (Å²) in [5.41, 5.74) is 7.33. The molecule has 0 spiro atoms. The second kappa shape index (κ2) is 6.19. The van der Waals surface area contributed by atoms with Gasteiger partial charge < -0.3 is 10.6 Å². The van der Waals surface area contributed by atoms with Gasteiger partial charge in [0.25, 0.3) is 0 Å². The lowest BCUT2D eigenvalue weighted by Crippen LogP contribution is -2.49. The third-order valence-electron chi connectivity index (χ3n) is 3.60. The molecule has 3 nitrogen and oxygen atoms in total. The molecule has 2 N–H and O–H groups in total. The highest BCUT2D eigenvalue weighted by Crippen LogP contribution is 2.27. The molecule has 0 amide bonds. The van der Waals surface area contributed by atoms with Gasteiger partial charge in [-0.05, 0) is 30.7 Å². The Morgan fingerprint density at radius 2 is 1.81 bits per heavy atom. The number of alkyl halides is 3. The van der Waals surface area contributed by atoms with Gasteiger partial charge in [0.2, 0.25) is 0 Å². The summed E-state index contributed by atoms with van der Waals surface area (Å²) in [6, 6.07) is 4.06. The zero-order chi connectivity index (χ0) is 15.6. The van der Waals surface area contributed by atoms with Gasteiger partial charge >= 0.3 is 6.18 Å². The van der Waals surface area contributed by atoms with Gasteiger partial charge in [-0.3, -0.25) is 4.90 Å². The van der Waals surface area contributed by atoms with E-state index in [4.69, 9.17) is 5.73 Å². The van der Waals surface area contributed by atoms with Crippen LogP contribution in [-0.2, 0) is 0 Å². The standard InChI is InChI=1S/C14H19F4N3/c1-10(19)12-8-11(15)2-3-13(12)21-6-4-20(5-7-21)9-14(16,17)18/h2-3,8,10H,4-7,9,19H2,1H3/t10-/m0/s1. The molecule has 1 heterocycles. The Morgan fingerprint density at radius 1 is 1.19 bits per heavy atom. The van der Waals surface area contributed by atoms with E-state index < -0.39 is 12.7 Å². The van der Waals surface area contributed by atoms with E-state index >= 15 is 0 Å². The van der Waals surface area contributed by atoms with Gasteiger partial charge in [0.15, 0.2) is 0 Å². The number of nitrogens with zero attached hydrogens (tertiary/aromatic N) is 2. The molecule has 2 rings (SSSR count). The fourth-order valence-electron chi connectivity index (χ4n) is 2.58. The first-order valence-corrected chi connectivity index (χ1v) is 6.85. The molecule has 21 heavy (non-hydrogen) atoms. The fraction of sp³-hybridized carbons (Fsp3) is 0.571. The first-order chi connectivity index (χ1) is 9.76. The molecule has 0 aromatic heterocycles. The van der Waals surface area contributed by atoms with Crippen LogP contribution >= 0.6 is 0 Å². The van der Waals surface area contributed by atoms with Crippen LogP contribution in [0.25, 0.3) is 0 Å². The number of hydrogen-bond acceptors (Lipinski definition) is 3. The quantitative estimate of drug-likeness (QED) is 0.871. The van der Waals surface area contributed by atoms with Crippen LogP contribution in [0.15, 0.2) is 18.2 Å². The molecule has 1 atom stereocenters. The highest BCUT2D eigenvalue weighted by atomic mass is 19.4. The number of halogens is 4. The molecule has 0 bridgehead atoms. The molecule has 1 aliphatic rings. The van der Waals surface area contributed by atoms with Crippen molar-refractivity contribution in [1.82, 2.24) is 4.90 Å². The van der Waals surface area contributed by atoms with Crippen molar-refractivity contribution in [2.24, 2.45) is 5.73 Å². The molecular weight excluding hydrogens is 286 g/mol. The largest absolute Gasteiger partial charge is 0.401 e. The maximum Gasteiger partial charge on any atom is 0.401 e. The summed E-state index contributed by atoms with van der Waals surface area (Å²) in [4.78, 5) is 3.34. The Labute approximate surface area is 121 Å². The lowest BCUT2D eigenvalue weighted by atomic mass is 10.0. The molecule has 7 heteroatoms. The summed E-state index contributed by atoms with van der Waals surface area (Å²) >= 11 is 0. The number of anilines is 1. The monoisotopic (exact) mass is 305 g/mol. The molecule has 0 radical (unpaired) electrons. The number of benzene rings is 1. The Balaban J connectivity index is 2.06. The third-order valence-corrected chi connectivity index (χ3v) is 3.60. The van der Waals surface area contributed by atoms with Crippen LogP contribution in [0.5, 0.6) is 0 Å².